The van der Waals surface area contributed by atoms with Crippen LogP contribution >= 0.6 is 0 Å². The summed E-state index contributed by atoms with van der Waals surface area (Å²) in [5.74, 6) is 1.57. The summed E-state index contributed by atoms with van der Waals surface area (Å²) in [5.41, 5.74) is 8.71. The molecule has 2 bridgehead atoms. The summed E-state index contributed by atoms with van der Waals surface area (Å²) in [5, 5.41) is 20.2. The molecule has 2 unspecified atom stereocenters. The third kappa shape index (κ3) is 3.17. The second-order valence-corrected chi connectivity index (χ2v) is 12.1. The first-order valence-corrected chi connectivity index (χ1v) is 14.0. The third-order valence-electron chi connectivity index (χ3n) is 9.69. The zero-order valence-corrected chi connectivity index (χ0v) is 22.2. The van der Waals surface area contributed by atoms with Gasteiger partial charge in [0.25, 0.3) is 5.91 Å². The van der Waals surface area contributed by atoms with Crippen LogP contribution in [-0.4, -0.2) is 32.5 Å². The average molecular weight is 515 g/mol. The predicted molar refractivity (Wildman–Crippen MR) is 148 cm³/mol. The van der Waals surface area contributed by atoms with Gasteiger partial charge in [-0.05, 0) is 90.1 Å². The Morgan fingerprint density at radius 2 is 1.82 bits per heavy atom. The van der Waals surface area contributed by atoms with Crippen molar-refractivity contribution < 1.29 is 9.90 Å². The Balaban J connectivity index is 1.25. The maximum atomic E-state index is 13.5. The Morgan fingerprint density at radius 3 is 2.56 bits per heavy atom. The number of fused-ring (bicyclic) bond motifs is 9. The number of aliphatic hydroxyl groups is 1. The molecule has 0 radical (unpaired) electrons. The molecular formula is C33H30N4O2. The molecule has 8 rings (SSSR count). The summed E-state index contributed by atoms with van der Waals surface area (Å²) in [6, 6.07) is 21.3. The number of carbonyl (C=O) groups is 1. The van der Waals surface area contributed by atoms with Gasteiger partial charge in [-0.15, -0.1) is 0 Å². The van der Waals surface area contributed by atoms with Crippen molar-refractivity contribution in [2.75, 3.05) is 7.05 Å². The lowest BCUT2D eigenvalue weighted by Crippen LogP contribution is -2.41. The minimum absolute atomic E-state index is 0.0419. The molecule has 6 heteroatoms. The smallest absolute Gasteiger partial charge is 0.254 e. The molecule has 2 aliphatic carbocycles. The minimum atomic E-state index is -0.897. The molecule has 6 nitrogen and oxygen atoms in total. The number of hydrogen-bond donors (Lipinski definition) is 1. The van der Waals surface area contributed by atoms with Crippen molar-refractivity contribution >= 4 is 16.9 Å². The van der Waals surface area contributed by atoms with Crippen molar-refractivity contribution in [1.82, 2.24) is 14.5 Å². The van der Waals surface area contributed by atoms with Crippen molar-refractivity contribution in [3.8, 4) is 17.2 Å². The summed E-state index contributed by atoms with van der Waals surface area (Å²) >= 11 is 0. The number of hydrogen-bond acceptors (Lipinski definition) is 4. The molecule has 2 atom stereocenters. The van der Waals surface area contributed by atoms with Crippen molar-refractivity contribution in [3.05, 3.63) is 88.2 Å². The van der Waals surface area contributed by atoms with Crippen LogP contribution in [0.5, 0.6) is 0 Å². The topological polar surface area (TPSA) is 82.2 Å². The third-order valence-corrected chi connectivity index (χ3v) is 9.69. The summed E-state index contributed by atoms with van der Waals surface area (Å²) in [7, 11) is 1.92. The van der Waals surface area contributed by atoms with Gasteiger partial charge in [-0.25, -0.2) is 4.98 Å². The average Bonchev–Trinajstić information content (AvgIpc) is 3.63. The zero-order valence-electron chi connectivity index (χ0n) is 22.2. The lowest BCUT2D eigenvalue weighted by atomic mass is 9.67. The number of rotatable bonds is 3. The van der Waals surface area contributed by atoms with E-state index in [1.165, 1.54) is 24.0 Å². The van der Waals surface area contributed by atoms with Gasteiger partial charge in [0, 0.05) is 19.0 Å². The van der Waals surface area contributed by atoms with Crippen molar-refractivity contribution in [1.29, 1.82) is 5.26 Å². The van der Waals surface area contributed by atoms with E-state index in [2.05, 4.69) is 53.1 Å². The van der Waals surface area contributed by atoms with Crippen LogP contribution in [0.1, 0.15) is 88.5 Å². The molecule has 39 heavy (non-hydrogen) atoms. The van der Waals surface area contributed by atoms with Crippen LogP contribution in [0.15, 0.2) is 54.6 Å². The van der Waals surface area contributed by atoms with Gasteiger partial charge in [-0.3, -0.25) is 4.79 Å². The van der Waals surface area contributed by atoms with E-state index in [0.717, 1.165) is 51.1 Å². The maximum Gasteiger partial charge on any atom is 0.254 e. The Bertz CT molecular complexity index is 1750. The fraction of sp³-hybridized carbons (Fsp3) is 0.364. The summed E-state index contributed by atoms with van der Waals surface area (Å²) < 4.78 is 2.40. The van der Waals surface area contributed by atoms with Gasteiger partial charge in [0.05, 0.1) is 40.7 Å². The Morgan fingerprint density at radius 1 is 1.05 bits per heavy atom. The highest BCUT2D eigenvalue weighted by Gasteiger charge is 2.46. The summed E-state index contributed by atoms with van der Waals surface area (Å²) in [4.78, 5) is 20.5. The number of amides is 1. The monoisotopic (exact) mass is 514 g/mol. The molecule has 0 saturated heterocycles. The SMILES string of the molecule is Cc1cc(-c2ccc3nc4n(c3c2)C2CC4N(C)C(=O)c3cccc(C4CC4)c32)ccc1C1(O)CC(C#N)C1. The lowest BCUT2D eigenvalue weighted by Gasteiger charge is -2.41. The molecule has 2 fully saturated rings. The van der Waals surface area contributed by atoms with E-state index < -0.39 is 5.60 Å². The Kier molecular flexibility index (Phi) is 4.60. The van der Waals surface area contributed by atoms with Crippen LogP contribution in [0.3, 0.4) is 0 Å². The molecule has 194 valence electrons. The molecule has 2 saturated carbocycles. The number of nitriles is 1. The Labute approximate surface area is 227 Å². The van der Waals surface area contributed by atoms with E-state index in [4.69, 9.17) is 4.98 Å². The van der Waals surface area contributed by atoms with Crippen LogP contribution in [0.4, 0.5) is 0 Å². The fourth-order valence-corrected chi connectivity index (χ4v) is 7.51. The molecule has 0 spiro atoms. The predicted octanol–water partition coefficient (Wildman–Crippen LogP) is 6.13. The first kappa shape index (κ1) is 23.0. The zero-order chi connectivity index (χ0) is 26.6. The minimum Gasteiger partial charge on any atom is -0.385 e. The molecule has 4 aliphatic rings. The number of imidazole rings is 1. The molecule has 3 heterocycles. The van der Waals surface area contributed by atoms with Gasteiger partial charge in [-0.2, -0.15) is 5.26 Å². The van der Waals surface area contributed by atoms with Crippen LogP contribution in [0, 0.1) is 24.2 Å². The molecule has 1 N–H and O–H groups in total. The molecule has 4 aromatic rings. The van der Waals surface area contributed by atoms with E-state index >= 15 is 0 Å². The highest BCUT2D eigenvalue weighted by atomic mass is 16.3. The fourth-order valence-electron chi connectivity index (χ4n) is 7.51. The van der Waals surface area contributed by atoms with E-state index in [1.807, 2.05) is 31.0 Å². The molecule has 3 aromatic carbocycles. The number of benzene rings is 3. The van der Waals surface area contributed by atoms with E-state index in [0.29, 0.717) is 18.8 Å². The number of aromatic nitrogens is 2. The number of nitrogens with zero attached hydrogens (tertiary/aromatic N) is 4. The van der Waals surface area contributed by atoms with Crippen LogP contribution in [-0.2, 0) is 5.60 Å². The standard InChI is InChI=1S/C33H30N4O2/c1-18-12-21(8-10-25(18)33(39)15-19(16-33)17-34)22-9-11-26-27(13-22)37-28-14-29(31(37)35-26)36(2)32(38)24-5-3-4-23(30(24)28)20-6-7-20/h3-5,8-13,19-20,28-29,39H,6-7,14-16H2,1-2H3. The quantitative estimate of drug-likeness (QED) is 0.357. The van der Waals surface area contributed by atoms with Crippen molar-refractivity contribution in [2.24, 2.45) is 5.92 Å². The van der Waals surface area contributed by atoms with Gasteiger partial charge >= 0.3 is 0 Å². The molecule has 1 amide bonds. The van der Waals surface area contributed by atoms with Gasteiger partial charge in [0.15, 0.2) is 0 Å². The van der Waals surface area contributed by atoms with Crippen molar-refractivity contribution in [2.45, 2.75) is 62.6 Å². The van der Waals surface area contributed by atoms with Gasteiger partial charge in [0.1, 0.15) is 5.82 Å². The van der Waals surface area contributed by atoms with E-state index in [9.17, 15) is 15.2 Å². The lowest BCUT2D eigenvalue weighted by molar-refractivity contribution is -0.0632. The van der Waals surface area contributed by atoms with Gasteiger partial charge in [-0.1, -0.05) is 36.4 Å². The largest absolute Gasteiger partial charge is 0.385 e. The van der Waals surface area contributed by atoms with Crippen LogP contribution in [0.25, 0.3) is 22.2 Å². The first-order valence-electron chi connectivity index (χ1n) is 14.0. The number of aryl methyl sites for hydroxylation is 1. The van der Waals surface area contributed by atoms with E-state index in [1.54, 1.807) is 0 Å². The van der Waals surface area contributed by atoms with E-state index in [-0.39, 0.29) is 23.9 Å². The highest BCUT2D eigenvalue weighted by Crippen LogP contribution is 2.52. The van der Waals surface area contributed by atoms with Crippen LogP contribution in [0.2, 0.25) is 0 Å². The van der Waals surface area contributed by atoms with Crippen LogP contribution < -0.4 is 0 Å². The normalized spacial score (nSPS) is 27.1. The van der Waals surface area contributed by atoms with Crippen molar-refractivity contribution in [3.63, 3.8) is 0 Å². The second kappa shape index (κ2) is 7.80. The first-order chi connectivity index (χ1) is 18.9. The highest BCUT2D eigenvalue weighted by molar-refractivity contribution is 5.97. The van der Waals surface area contributed by atoms with Gasteiger partial charge in [0.2, 0.25) is 0 Å². The Hall–Kier alpha value is -3.95. The van der Waals surface area contributed by atoms with Gasteiger partial charge < -0.3 is 14.6 Å². The number of carbonyl (C=O) groups excluding carboxylic acids is 1. The second-order valence-electron chi connectivity index (χ2n) is 12.1. The summed E-state index contributed by atoms with van der Waals surface area (Å²) in [6.45, 7) is 2.04. The summed E-state index contributed by atoms with van der Waals surface area (Å²) in [6.07, 6.45) is 4.25. The molecular weight excluding hydrogens is 484 g/mol. The molecule has 2 aliphatic heterocycles. The molecule has 1 aromatic heterocycles. The maximum absolute atomic E-state index is 13.5.